The van der Waals surface area contributed by atoms with Gasteiger partial charge in [-0.25, -0.2) is 0 Å². The number of rotatable bonds is 1. The van der Waals surface area contributed by atoms with Crippen LogP contribution in [0.25, 0.3) is 0 Å². The highest BCUT2D eigenvalue weighted by molar-refractivity contribution is 5.26. The SMILES string of the molecule is CN1CCN([C@H]2C[C@H]3[C@@H]4CC=C5C[C@@H](O)CC[C@]5(C)[C@H]4CC[C@]3(C)[C@H]2O)CC1. The lowest BCUT2D eigenvalue weighted by molar-refractivity contribution is -0.0789. The van der Waals surface area contributed by atoms with Crippen molar-refractivity contribution in [3.63, 3.8) is 0 Å². The van der Waals surface area contributed by atoms with Gasteiger partial charge in [-0.15, -0.1) is 0 Å². The Morgan fingerprint density at radius 3 is 2.50 bits per heavy atom. The number of hydrogen-bond acceptors (Lipinski definition) is 4. The molecule has 4 aliphatic carbocycles. The molecule has 4 fully saturated rings. The quantitative estimate of drug-likeness (QED) is 0.678. The first-order valence-corrected chi connectivity index (χ1v) is 11.8. The largest absolute Gasteiger partial charge is 0.393 e. The van der Waals surface area contributed by atoms with Gasteiger partial charge >= 0.3 is 0 Å². The number of likely N-dealkylation sites (N-methyl/N-ethyl adjacent to an activating group) is 1. The van der Waals surface area contributed by atoms with E-state index in [9.17, 15) is 10.2 Å². The number of fused-ring (bicyclic) bond motifs is 5. The Labute approximate surface area is 171 Å². The average Bonchev–Trinajstić information content (AvgIpc) is 2.94. The van der Waals surface area contributed by atoms with E-state index in [2.05, 4.69) is 36.8 Å². The van der Waals surface area contributed by atoms with Crippen LogP contribution in [0.3, 0.4) is 0 Å². The molecule has 0 aromatic heterocycles. The summed E-state index contributed by atoms with van der Waals surface area (Å²) < 4.78 is 0. The minimum Gasteiger partial charge on any atom is -0.393 e. The van der Waals surface area contributed by atoms with Crippen LogP contribution in [0.5, 0.6) is 0 Å². The third-order valence-electron chi connectivity index (χ3n) is 10.1. The summed E-state index contributed by atoms with van der Waals surface area (Å²) >= 11 is 0. The summed E-state index contributed by atoms with van der Waals surface area (Å²) in [4.78, 5) is 5.01. The summed E-state index contributed by atoms with van der Waals surface area (Å²) in [6.45, 7) is 9.37. The first-order valence-electron chi connectivity index (χ1n) is 11.8. The van der Waals surface area contributed by atoms with Gasteiger partial charge < -0.3 is 15.1 Å². The molecule has 8 atom stereocenters. The number of aliphatic hydroxyl groups is 2. The van der Waals surface area contributed by atoms with Gasteiger partial charge in [0, 0.05) is 32.2 Å². The molecule has 0 aromatic rings. The van der Waals surface area contributed by atoms with Crippen molar-refractivity contribution in [1.82, 2.24) is 9.80 Å². The molecule has 5 rings (SSSR count). The standard InChI is InChI=1S/C24H40N2O2/c1-23-8-6-17(27)14-16(23)4-5-18-19(23)7-9-24(2)20(18)15-21(22(24)28)26-12-10-25(3)11-13-26/h4,17-22,27-28H,5-15H2,1-3H3/t17-,18+,19-,20-,21-,22-,23-,24-/m0/s1. The number of piperazine rings is 1. The summed E-state index contributed by atoms with van der Waals surface area (Å²) in [5.74, 6) is 2.11. The zero-order valence-electron chi connectivity index (χ0n) is 18.1. The van der Waals surface area contributed by atoms with Gasteiger partial charge in [0.1, 0.15) is 0 Å². The van der Waals surface area contributed by atoms with Gasteiger partial charge in [-0.05, 0) is 80.6 Å². The summed E-state index contributed by atoms with van der Waals surface area (Å²) in [5, 5.41) is 21.7. The molecule has 0 unspecified atom stereocenters. The van der Waals surface area contributed by atoms with Crippen molar-refractivity contribution >= 4 is 0 Å². The number of hydrogen-bond donors (Lipinski definition) is 2. The predicted molar refractivity (Wildman–Crippen MR) is 112 cm³/mol. The van der Waals surface area contributed by atoms with E-state index in [4.69, 9.17) is 0 Å². The van der Waals surface area contributed by atoms with Crippen LogP contribution in [-0.4, -0.2) is 71.5 Å². The van der Waals surface area contributed by atoms with Crippen molar-refractivity contribution in [1.29, 1.82) is 0 Å². The molecule has 158 valence electrons. The van der Waals surface area contributed by atoms with E-state index in [0.29, 0.717) is 17.4 Å². The maximum Gasteiger partial charge on any atom is 0.0751 e. The molecule has 4 heteroatoms. The van der Waals surface area contributed by atoms with E-state index in [1.165, 1.54) is 25.7 Å². The Bertz CT molecular complexity index is 643. The molecule has 0 spiro atoms. The molecule has 1 aliphatic heterocycles. The number of allylic oxidation sites excluding steroid dienone is 1. The lowest BCUT2D eigenvalue weighted by Crippen LogP contribution is -2.54. The van der Waals surface area contributed by atoms with Crippen LogP contribution in [0, 0.1) is 28.6 Å². The van der Waals surface area contributed by atoms with E-state index in [-0.39, 0.29) is 17.6 Å². The minimum absolute atomic E-state index is 0.0884. The Morgan fingerprint density at radius 2 is 1.75 bits per heavy atom. The summed E-state index contributed by atoms with van der Waals surface area (Å²) in [6, 6.07) is 0.355. The van der Waals surface area contributed by atoms with Crippen LogP contribution in [0.4, 0.5) is 0 Å². The van der Waals surface area contributed by atoms with Crippen molar-refractivity contribution in [3.8, 4) is 0 Å². The van der Waals surface area contributed by atoms with Gasteiger partial charge in [0.25, 0.3) is 0 Å². The van der Waals surface area contributed by atoms with E-state index in [1.54, 1.807) is 5.57 Å². The van der Waals surface area contributed by atoms with Gasteiger partial charge in [-0.2, -0.15) is 0 Å². The summed E-state index contributed by atoms with van der Waals surface area (Å²) in [7, 11) is 2.21. The van der Waals surface area contributed by atoms with Crippen molar-refractivity contribution < 1.29 is 10.2 Å². The molecule has 0 aromatic carbocycles. The van der Waals surface area contributed by atoms with Gasteiger partial charge in [-0.1, -0.05) is 25.5 Å². The van der Waals surface area contributed by atoms with E-state index in [1.807, 2.05) is 0 Å². The topological polar surface area (TPSA) is 46.9 Å². The second-order valence-electron chi connectivity index (χ2n) is 11.3. The van der Waals surface area contributed by atoms with E-state index < -0.39 is 0 Å². The average molecular weight is 389 g/mol. The molecule has 0 bridgehead atoms. The molecule has 1 saturated heterocycles. The van der Waals surface area contributed by atoms with Crippen LogP contribution < -0.4 is 0 Å². The van der Waals surface area contributed by atoms with Gasteiger partial charge in [0.05, 0.1) is 12.2 Å². The van der Waals surface area contributed by atoms with Gasteiger partial charge in [-0.3, -0.25) is 4.90 Å². The van der Waals surface area contributed by atoms with E-state index in [0.717, 1.165) is 57.3 Å². The predicted octanol–water partition coefficient (Wildman–Crippen LogP) is 2.90. The lowest BCUT2D eigenvalue weighted by Gasteiger charge is -2.57. The molecular formula is C24H40N2O2. The smallest absolute Gasteiger partial charge is 0.0751 e. The molecule has 0 amide bonds. The van der Waals surface area contributed by atoms with Crippen LogP contribution >= 0.6 is 0 Å². The van der Waals surface area contributed by atoms with Crippen LogP contribution in [0.2, 0.25) is 0 Å². The Morgan fingerprint density at radius 1 is 1.00 bits per heavy atom. The minimum atomic E-state index is -0.173. The zero-order valence-corrected chi connectivity index (χ0v) is 18.1. The fourth-order valence-corrected chi connectivity index (χ4v) is 8.13. The van der Waals surface area contributed by atoms with Crippen molar-refractivity contribution in [2.75, 3.05) is 33.2 Å². The third-order valence-corrected chi connectivity index (χ3v) is 10.1. The number of aliphatic hydroxyl groups excluding tert-OH is 2. The van der Waals surface area contributed by atoms with E-state index >= 15 is 0 Å². The number of nitrogens with zero attached hydrogens (tertiary/aromatic N) is 2. The fourth-order valence-electron chi connectivity index (χ4n) is 8.13. The van der Waals surface area contributed by atoms with Crippen LogP contribution in [0.1, 0.15) is 58.8 Å². The lowest BCUT2D eigenvalue weighted by atomic mass is 9.48. The maximum atomic E-state index is 11.5. The Kier molecular flexibility index (Phi) is 4.74. The Hall–Kier alpha value is -0.420. The highest BCUT2D eigenvalue weighted by Gasteiger charge is 2.61. The van der Waals surface area contributed by atoms with Crippen molar-refractivity contribution in [2.45, 2.75) is 77.0 Å². The first kappa shape index (κ1) is 19.5. The molecular weight excluding hydrogens is 348 g/mol. The molecule has 3 saturated carbocycles. The zero-order chi connectivity index (χ0) is 19.7. The normalized spacial score (nSPS) is 52.5. The highest BCUT2D eigenvalue weighted by atomic mass is 16.3. The van der Waals surface area contributed by atoms with Crippen LogP contribution in [-0.2, 0) is 0 Å². The maximum absolute atomic E-state index is 11.5. The fraction of sp³-hybridized carbons (Fsp3) is 0.917. The Balaban J connectivity index is 1.40. The second kappa shape index (κ2) is 6.80. The molecule has 2 N–H and O–H groups in total. The highest BCUT2D eigenvalue weighted by Crippen LogP contribution is 2.65. The first-order chi connectivity index (χ1) is 13.3. The molecule has 4 nitrogen and oxygen atoms in total. The van der Waals surface area contributed by atoms with Gasteiger partial charge in [0.2, 0.25) is 0 Å². The third kappa shape index (κ3) is 2.78. The van der Waals surface area contributed by atoms with Gasteiger partial charge in [0.15, 0.2) is 0 Å². The second-order valence-corrected chi connectivity index (χ2v) is 11.3. The summed E-state index contributed by atoms with van der Waals surface area (Å²) in [6.07, 6.45) is 10.0. The molecule has 28 heavy (non-hydrogen) atoms. The summed E-state index contributed by atoms with van der Waals surface area (Å²) in [5.41, 5.74) is 1.93. The van der Waals surface area contributed by atoms with Crippen molar-refractivity contribution in [3.05, 3.63) is 11.6 Å². The molecule has 5 aliphatic rings. The monoisotopic (exact) mass is 388 g/mol. The van der Waals surface area contributed by atoms with Crippen LogP contribution in [0.15, 0.2) is 11.6 Å². The van der Waals surface area contributed by atoms with Crippen molar-refractivity contribution in [2.24, 2.45) is 28.6 Å². The molecule has 1 heterocycles. The molecule has 0 radical (unpaired) electrons.